The third kappa shape index (κ3) is 2.08. The van der Waals surface area contributed by atoms with E-state index in [1.54, 1.807) is 12.1 Å². The first kappa shape index (κ1) is 11.5. The first-order valence-electron chi connectivity index (χ1n) is 4.63. The summed E-state index contributed by atoms with van der Waals surface area (Å²) in [4.78, 5) is 12.9. The quantitative estimate of drug-likeness (QED) is 0.760. The summed E-state index contributed by atoms with van der Waals surface area (Å²) in [5.41, 5.74) is 0.691. The zero-order valence-electron chi connectivity index (χ0n) is 8.46. The maximum absolute atomic E-state index is 13.6. The van der Waals surface area contributed by atoms with Crippen LogP contribution in [0.4, 0.5) is 4.39 Å². The lowest BCUT2D eigenvalue weighted by Gasteiger charge is -2.02. The second-order valence-electron chi connectivity index (χ2n) is 3.34. The Hall–Kier alpha value is -1.00. The van der Waals surface area contributed by atoms with Gasteiger partial charge < -0.3 is 0 Å². The van der Waals surface area contributed by atoms with Crippen molar-refractivity contribution in [3.8, 4) is 0 Å². The van der Waals surface area contributed by atoms with Crippen molar-refractivity contribution in [2.45, 2.75) is 6.92 Å². The molecule has 1 heterocycles. The summed E-state index contributed by atoms with van der Waals surface area (Å²) in [6.07, 6.45) is 0. The van der Waals surface area contributed by atoms with Gasteiger partial charge in [-0.1, -0.05) is 15.9 Å². The van der Waals surface area contributed by atoms with Crippen molar-refractivity contribution in [3.05, 3.63) is 55.9 Å². The van der Waals surface area contributed by atoms with Crippen LogP contribution in [0.2, 0.25) is 0 Å². The fraction of sp³-hybridized carbons (Fsp3) is 0.0833. The van der Waals surface area contributed by atoms with Crippen LogP contribution in [0.5, 0.6) is 0 Å². The molecule has 0 saturated carbocycles. The highest BCUT2D eigenvalue weighted by atomic mass is 79.9. The minimum absolute atomic E-state index is 0.115. The second-order valence-corrected chi connectivity index (χ2v) is 5.38. The zero-order chi connectivity index (χ0) is 11.7. The maximum atomic E-state index is 13.6. The number of thiophene rings is 1. The average Bonchev–Trinajstić information content (AvgIpc) is 2.63. The Morgan fingerprint density at radius 1 is 1.31 bits per heavy atom. The first-order chi connectivity index (χ1) is 7.59. The fourth-order valence-corrected chi connectivity index (χ4v) is 2.47. The van der Waals surface area contributed by atoms with E-state index in [-0.39, 0.29) is 11.3 Å². The van der Waals surface area contributed by atoms with Gasteiger partial charge in [0, 0.05) is 14.9 Å². The third-order valence-electron chi connectivity index (χ3n) is 2.28. The Kier molecular flexibility index (Phi) is 3.21. The molecule has 0 atom stereocenters. The van der Waals surface area contributed by atoms with E-state index in [4.69, 9.17) is 0 Å². The highest BCUT2D eigenvalue weighted by Gasteiger charge is 2.16. The monoisotopic (exact) mass is 298 g/mol. The van der Waals surface area contributed by atoms with Gasteiger partial charge >= 0.3 is 0 Å². The van der Waals surface area contributed by atoms with E-state index in [1.807, 2.05) is 12.3 Å². The van der Waals surface area contributed by atoms with Gasteiger partial charge in [-0.3, -0.25) is 4.79 Å². The molecule has 2 rings (SSSR count). The Morgan fingerprint density at radius 2 is 2.06 bits per heavy atom. The van der Waals surface area contributed by atoms with Crippen molar-refractivity contribution >= 4 is 33.0 Å². The largest absolute Gasteiger partial charge is 0.288 e. The number of rotatable bonds is 2. The van der Waals surface area contributed by atoms with Gasteiger partial charge in [0.15, 0.2) is 5.78 Å². The van der Waals surface area contributed by atoms with E-state index in [2.05, 4.69) is 15.9 Å². The first-order valence-corrected chi connectivity index (χ1v) is 6.30. The molecule has 1 aromatic heterocycles. The molecule has 0 radical (unpaired) electrons. The minimum atomic E-state index is -0.495. The van der Waals surface area contributed by atoms with Crippen LogP contribution < -0.4 is 0 Å². The number of hydrogen-bond donors (Lipinski definition) is 0. The molecular formula is C12H8BrFOS. The van der Waals surface area contributed by atoms with Crippen LogP contribution in [0, 0.1) is 12.7 Å². The number of hydrogen-bond acceptors (Lipinski definition) is 2. The molecule has 16 heavy (non-hydrogen) atoms. The van der Waals surface area contributed by atoms with E-state index < -0.39 is 5.82 Å². The van der Waals surface area contributed by atoms with E-state index in [9.17, 15) is 9.18 Å². The molecule has 0 aliphatic heterocycles. The standard InChI is InChI=1S/C12H8BrFOS/c1-7-9(4-5-16-7)12(15)10-3-2-8(13)6-11(10)14/h2-6H,1H3. The van der Waals surface area contributed by atoms with E-state index in [0.717, 1.165) is 4.88 Å². The number of aryl methyl sites for hydroxylation is 1. The summed E-state index contributed by atoms with van der Waals surface area (Å²) in [6, 6.07) is 6.19. The summed E-state index contributed by atoms with van der Waals surface area (Å²) in [6.45, 7) is 1.86. The molecular weight excluding hydrogens is 291 g/mol. The number of carbonyl (C=O) groups is 1. The molecule has 0 aliphatic rings. The zero-order valence-corrected chi connectivity index (χ0v) is 10.9. The molecule has 0 saturated heterocycles. The molecule has 0 aliphatic carbocycles. The Balaban J connectivity index is 2.46. The van der Waals surface area contributed by atoms with Gasteiger partial charge in [-0.05, 0) is 36.6 Å². The van der Waals surface area contributed by atoms with Gasteiger partial charge in [0.05, 0.1) is 5.56 Å². The summed E-state index contributed by atoms with van der Waals surface area (Å²) < 4.78 is 14.2. The van der Waals surface area contributed by atoms with Crippen molar-refractivity contribution in [1.82, 2.24) is 0 Å². The average molecular weight is 299 g/mol. The van der Waals surface area contributed by atoms with Crippen LogP contribution in [0.15, 0.2) is 34.1 Å². The predicted octanol–water partition coefficient (Wildman–Crippen LogP) is 4.19. The van der Waals surface area contributed by atoms with Gasteiger partial charge in [0.25, 0.3) is 0 Å². The molecule has 0 amide bonds. The Labute approximate surface area is 105 Å². The summed E-state index contributed by atoms with van der Waals surface area (Å²) in [7, 11) is 0. The molecule has 0 spiro atoms. The normalized spacial score (nSPS) is 10.4. The molecule has 0 unspecified atom stereocenters. The molecule has 0 fully saturated rings. The maximum Gasteiger partial charge on any atom is 0.197 e. The van der Waals surface area contributed by atoms with Crippen LogP contribution in [0.3, 0.4) is 0 Å². The van der Waals surface area contributed by atoms with Gasteiger partial charge in [-0.25, -0.2) is 4.39 Å². The number of halogens is 2. The molecule has 4 heteroatoms. The molecule has 2 aromatic rings. The number of carbonyl (C=O) groups excluding carboxylic acids is 1. The topological polar surface area (TPSA) is 17.1 Å². The van der Waals surface area contributed by atoms with Crippen LogP contribution in [0.1, 0.15) is 20.8 Å². The van der Waals surface area contributed by atoms with E-state index >= 15 is 0 Å². The molecule has 82 valence electrons. The lowest BCUT2D eigenvalue weighted by molar-refractivity contribution is 0.103. The van der Waals surface area contributed by atoms with Crippen molar-refractivity contribution in [3.63, 3.8) is 0 Å². The van der Waals surface area contributed by atoms with Crippen molar-refractivity contribution in [2.75, 3.05) is 0 Å². The molecule has 0 N–H and O–H groups in total. The molecule has 1 aromatic carbocycles. The summed E-state index contributed by atoms with van der Waals surface area (Å²) in [5.74, 6) is -0.756. The van der Waals surface area contributed by atoms with E-state index in [0.29, 0.717) is 10.0 Å². The van der Waals surface area contributed by atoms with Gasteiger partial charge in [-0.15, -0.1) is 11.3 Å². The summed E-state index contributed by atoms with van der Waals surface area (Å²) in [5, 5.41) is 1.83. The number of ketones is 1. The predicted molar refractivity (Wildman–Crippen MR) is 66.6 cm³/mol. The van der Waals surface area contributed by atoms with Crippen molar-refractivity contribution in [2.24, 2.45) is 0 Å². The van der Waals surface area contributed by atoms with Crippen molar-refractivity contribution in [1.29, 1.82) is 0 Å². The lowest BCUT2D eigenvalue weighted by atomic mass is 10.0. The smallest absolute Gasteiger partial charge is 0.197 e. The minimum Gasteiger partial charge on any atom is -0.288 e. The van der Waals surface area contributed by atoms with E-state index in [1.165, 1.54) is 23.5 Å². The van der Waals surface area contributed by atoms with Crippen molar-refractivity contribution < 1.29 is 9.18 Å². The van der Waals surface area contributed by atoms with Gasteiger partial charge in [-0.2, -0.15) is 0 Å². The highest BCUT2D eigenvalue weighted by Crippen LogP contribution is 2.22. The van der Waals surface area contributed by atoms with Crippen LogP contribution in [-0.4, -0.2) is 5.78 Å². The number of benzene rings is 1. The highest BCUT2D eigenvalue weighted by molar-refractivity contribution is 9.10. The SMILES string of the molecule is Cc1sccc1C(=O)c1ccc(Br)cc1F. The third-order valence-corrected chi connectivity index (χ3v) is 3.62. The fourth-order valence-electron chi connectivity index (χ4n) is 1.44. The lowest BCUT2D eigenvalue weighted by Crippen LogP contribution is -2.04. The Morgan fingerprint density at radius 3 is 2.62 bits per heavy atom. The molecule has 0 bridgehead atoms. The molecule has 1 nitrogen and oxygen atoms in total. The van der Waals surface area contributed by atoms with Gasteiger partial charge in [0.2, 0.25) is 0 Å². The van der Waals surface area contributed by atoms with Crippen LogP contribution >= 0.6 is 27.3 Å². The van der Waals surface area contributed by atoms with Gasteiger partial charge in [0.1, 0.15) is 5.82 Å². The second kappa shape index (κ2) is 4.47. The Bertz CT molecular complexity index is 548. The van der Waals surface area contributed by atoms with Crippen LogP contribution in [0.25, 0.3) is 0 Å². The van der Waals surface area contributed by atoms with Crippen LogP contribution in [-0.2, 0) is 0 Å². The summed E-state index contributed by atoms with van der Waals surface area (Å²) >= 11 is 4.64.